The minimum atomic E-state index is -0.424. The van der Waals surface area contributed by atoms with Gasteiger partial charge in [0, 0.05) is 16.3 Å². The van der Waals surface area contributed by atoms with Gasteiger partial charge in [-0.15, -0.1) is 0 Å². The Balaban J connectivity index is 1.89. The molecule has 0 saturated heterocycles. The summed E-state index contributed by atoms with van der Waals surface area (Å²) in [6, 6.07) is 11.8. The molecule has 0 spiro atoms. The summed E-state index contributed by atoms with van der Waals surface area (Å²) in [6.07, 6.45) is 0. The molecule has 5 nitrogen and oxygen atoms in total. The zero-order chi connectivity index (χ0) is 16.4. The predicted molar refractivity (Wildman–Crippen MR) is 91.2 cm³/mol. The van der Waals surface area contributed by atoms with Crippen LogP contribution in [0.25, 0.3) is 11.3 Å². The second kappa shape index (κ2) is 6.58. The number of amides is 1. The number of nitrogens with one attached hydrogen (secondary N) is 2. The van der Waals surface area contributed by atoms with Gasteiger partial charge in [-0.1, -0.05) is 46.9 Å². The summed E-state index contributed by atoms with van der Waals surface area (Å²) >= 11 is 17.8. The summed E-state index contributed by atoms with van der Waals surface area (Å²) in [5.41, 5.74) is 1.75. The van der Waals surface area contributed by atoms with Crippen molar-refractivity contribution in [3.8, 4) is 11.3 Å². The Hall–Kier alpha value is -2.08. The molecule has 0 fully saturated rings. The number of anilines is 1. The lowest BCUT2D eigenvalue weighted by molar-refractivity contribution is 0.102. The van der Waals surface area contributed by atoms with Crippen LogP contribution in [-0.4, -0.2) is 21.3 Å². The van der Waals surface area contributed by atoms with Crippen LogP contribution in [-0.2, 0) is 0 Å². The number of carbonyl (C=O) groups excluding carboxylic acids is 1. The van der Waals surface area contributed by atoms with Crippen LogP contribution < -0.4 is 5.32 Å². The normalized spacial score (nSPS) is 10.6. The molecule has 116 valence electrons. The summed E-state index contributed by atoms with van der Waals surface area (Å²) in [7, 11) is 0. The fraction of sp³-hybridized carbons (Fsp3) is 0. The van der Waals surface area contributed by atoms with Gasteiger partial charge < -0.3 is 5.32 Å². The minimum Gasteiger partial charge on any atom is -0.320 e. The highest BCUT2D eigenvalue weighted by Gasteiger charge is 2.18. The fourth-order valence-corrected chi connectivity index (χ4v) is 2.48. The number of aromatic amines is 1. The van der Waals surface area contributed by atoms with Crippen LogP contribution in [0, 0.1) is 0 Å². The largest absolute Gasteiger partial charge is 0.320 e. The smallest absolute Gasteiger partial charge is 0.278 e. The quantitative estimate of drug-likeness (QED) is 0.706. The van der Waals surface area contributed by atoms with Crippen LogP contribution in [0.3, 0.4) is 0 Å². The van der Waals surface area contributed by atoms with Crippen LogP contribution in [0.2, 0.25) is 15.1 Å². The van der Waals surface area contributed by atoms with Crippen molar-refractivity contribution < 1.29 is 4.79 Å². The molecular formula is C15H9Cl3N4O. The summed E-state index contributed by atoms with van der Waals surface area (Å²) < 4.78 is 0. The first-order valence-electron chi connectivity index (χ1n) is 6.47. The molecule has 0 atom stereocenters. The van der Waals surface area contributed by atoms with E-state index in [1.165, 1.54) is 0 Å². The van der Waals surface area contributed by atoms with Crippen molar-refractivity contribution in [3.63, 3.8) is 0 Å². The first kappa shape index (κ1) is 15.8. The molecule has 0 bridgehead atoms. The lowest BCUT2D eigenvalue weighted by Crippen LogP contribution is -2.13. The van der Waals surface area contributed by atoms with E-state index in [9.17, 15) is 4.79 Å². The summed E-state index contributed by atoms with van der Waals surface area (Å²) in [5.74, 6) is -0.424. The second-order valence-corrected chi connectivity index (χ2v) is 5.87. The fourth-order valence-electron chi connectivity index (χ4n) is 1.99. The van der Waals surface area contributed by atoms with Crippen molar-refractivity contribution in [1.29, 1.82) is 0 Å². The Morgan fingerprint density at radius 1 is 1.00 bits per heavy atom. The van der Waals surface area contributed by atoms with Crippen molar-refractivity contribution >= 4 is 46.4 Å². The zero-order valence-corrected chi connectivity index (χ0v) is 13.7. The standard InChI is InChI=1S/C15H9Cl3N4O/c16-9-3-1-2-8(6-9)13-14(21-22-20-13)15(23)19-10-4-5-11(17)12(18)7-10/h1-7H,(H,19,23)(H,20,21,22). The van der Waals surface area contributed by atoms with Gasteiger partial charge in [0.05, 0.1) is 10.0 Å². The van der Waals surface area contributed by atoms with Crippen LogP contribution in [0.1, 0.15) is 10.5 Å². The van der Waals surface area contributed by atoms with E-state index >= 15 is 0 Å². The number of nitrogens with zero attached hydrogens (tertiary/aromatic N) is 2. The van der Waals surface area contributed by atoms with E-state index in [4.69, 9.17) is 34.8 Å². The van der Waals surface area contributed by atoms with Crippen molar-refractivity contribution in [2.75, 3.05) is 5.32 Å². The number of hydrogen-bond acceptors (Lipinski definition) is 3. The van der Waals surface area contributed by atoms with Gasteiger partial charge in [-0.05, 0) is 30.3 Å². The molecule has 0 aliphatic rings. The van der Waals surface area contributed by atoms with E-state index < -0.39 is 5.91 Å². The summed E-state index contributed by atoms with van der Waals surface area (Å²) in [4.78, 5) is 12.4. The monoisotopic (exact) mass is 366 g/mol. The van der Waals surface area contributed by atoms with Crippen molar-refractivity contribution in [1.82, 2.24) is 15.4 Å². The van der Waals surface area contributed by atoms with Crippen LogP contribution in [0.4, 0.5) is 5.69 Å². The van der Waals surface area contributed by atoms with Gasteiger partial charge in [-0.2, -0.15) is 15.4 Å². The lowest BCUT2D eigenvalue weighted by Gasteiger charge is -2.06. The molecule has 0 unspecified atom stereocenters. The molecule has 8 heteroatoms. The maximum atomic E-state index is 12.4. The number of halogens is 3. The molecule has 2 N–H and O–H groups in total. The highest BCUT2D eigenvalue weighted by atomic mass is 35.5. The number of benzene rings is 2. The Morgan fingerprint density at radius 3 is 2.57 bits per heavy atom. The lowest BCUT2D eigenvalue weighted by atomic mass is 10.1. The summed E-state index contributed by atoms with van der Waals surface area (Å²) in [5, 5.41) is 14.4. The van der Waals surface area contributed by atoms with Crippen LogP contribution in [0.5, 0.6) is 0 Å². The zero-order valence-electron chi connectivity index (χ0n) is 11.5. The number of rotatable bonds is 3. The van der Waals surface area contributed by atoms with Gasteiger partial charge in [0.25, 0.3) is 5.91 Å². The van der Waals surface area contributed by atoms with E-state index in [0.717, 1.165) is 0 Å². The van der Waals surface area contributed by atoms with E-state index in [0.29, 0.717) is 32.0 Å². The summed E-state index contributed by atoms with van der Waals surface area (Å²) in [6.45, 7) is 0. The SMILES string of the molecule is O=C(Nc1ccc(Cl)c(Cl)c1)c1n[nH]nc1-c1cccc(Cl)c1. The average molecular weight is 368 g/mol. The second-order valence-electron chi connectivity index (χ2n) is 4.61. The van der Waals surface area contributed by atoms with E-state index in [1.54, 1.807) is 42.5 Å². The number of carbonyl (C=O) groups is 1. The van der Waals surface area contributed by atoms with Crippen LogP contribution in [0.15, 0.2) is 42.5 Å². The van der Waals surface area contributed by atoms with Gasteiger partial charge in [-0.25, -0.2) is 0 Å². The van der Waals surface area contributed by atoms with Crippen molar-refractivity contribution in [2.24, 2.45) is 0 Å². The molecule has 23 heavy (non-hydrogen) atoms. The maximum absolute atomic E-state index is 12.4. The number of aromatic nitrogens is 3. The van der Waals surface area contributed by atoms with Gasteiger partial charge in [0.15, 0.2) is 5.69 Å². The van der Waals surface area contributed by atoms with E-state index in [1.807, 2.05) is 0 Å². The molecule has 1 aromatic heterocycles. The minimum absolute atomic E-state index is 0.151. The molecule has 0 aliphatic heterocycles. The molecule has 0 aliphatic carbocycles. The molecule has 1 heterocycles. The predicted octanol–water partition coefficient (Wildman–Crippen LogP) is 4.68. The third kappa shape index (κ3) is 3.47. The highest BCUT2D eigenvalue weighted by Crippen LogP contribution is 2.26. The third-order valence-electron chi connectivity index (χ3n) is 3.04. The Kier molecular flexibility index (Phi) is 4.52. The first-order chi connectivity index (χ1) is 11.0. The molecule has 3 aromatic rings. The number of hydrogen-bond donors (Lipinski definition) is 2. The third-order valence-corrected chi connectivity index (χ3v) is 4.01. The Labute approximate surface area is 146 Å². The highest BCUT2D eigenvalue weighted by molar-refractivity contribution is 6.42. The van der Waals surface area contributed by atoms with E-state index in [-0.39, 0.29) is 5.69 Å². The number of H-pyrrole nitrogens is 1. The molecule has 0 radical (unpaired) electrons. The van der Waals surface area contributed by atoms with Crippen LogP contribution >= 0.6 is 34.8 Å². The Morgan fingerprint density at radius 2 is 1.83 bits per heavy atom. The topological polar surface area (TPSA) is 70.7 Å². The average Bonchev–Trinajstić information content (AvgIpc) is 3.00. The molecule has 2 aromatic carbocycles. The van der Waals surface area contributed by atoms with E-state index in [2.05, 4.69) is 20.7 Å². The van der Waals surface area contributed by atoms with Crippen molar-refractivity contribution in [3.05, 3.63) is 63.2 Å². The van der Waals surface area contributed by atoms with Crippen molar-refractivity contribution in [2.45, 2.75) is 0 Å². The molecular weight excluding hydrogens is 359 g/mol. The van der Waals surface area contributed by atoms with Gasteiger partial charge in [0.1, 0.15) is 5.69 Å². The van der Waals surface area contributed by atoms with Gasteiger partial charge in [-0.3, -0.25) is 4.79 Å². The van der Waals surface area contributed by atoms with Gasteiger partial charge in [0.2, 0.25) is 0 Å². The van der Waals surface area contributed by atoms with Gasteiger partial charge >= 0.3 is 0 Å². The Bertz CT molecular complexity index is 879. The molecule has 1 amide bonds. The molecule has 3 rings (SSSR count). The maximum Gasteiger partial charge on any atom is 0.278 e. The molecule has 0 saturated carbocycles. The first-order valence-corrected chi connectivity index (χ1v) is 7.61.